The Morgan fingerprint density at radius 2 is 1.95 bits per heavy atom. The molecular formula is C13H17NO4S2. The molecule has 0 amide bonds. The van der Waals surface area contributed by atoms with Gasteiger partial charge in [0.15, 0.2) is 10.9 Å². The van der Waals surface area contributed by atoms with Crippen molar-refractivity contribution < 1.29 is 18.0 Å². The van der Waals surface area contributed by atoms with E-state index in [1.54, 1.807) is 25.1 Å². The first-order valence-corrected chi connectivity index (χ1v) is 8.60. The predicted molar refractivity (Wildman–Crippen MR) is 81.8 cm³/mol. The lowest BCUT2D eigenvalue weighted by Gasteiger charge is -2.18. The lowest BCUT2D eigenvalue weighted by atomic mass is 10.1. The monoisotopic (exact) mass is 315 g/mol. The molecule has 1 aromatic carbocycles. The largest absolute Gasteiger partial charge is 0.293 e. The topological polar surface area (TPSA) is 71.5 Å². The van der Waals surface area contributed by atoms with Crippen LogP contribution in [0.5, 0.6) is 0 Å². The zero-order valence-corrected chi connectivity index (χ0v) is 13.3. The molecule has 0 atom stereocenters. The molecule has 0 aliphatic rings. The van der Waals surface area contributed by atoms with E-state index in [4.69, 9.17) is 0 Å². The SMILES string of the molecule is CCS(=O)(=O)N(C)c1cccc(C(=O)CSC(C)=O)c1. The van der Waals surface area contributed by atoms with Crippen LogP contribution in [0.4, 0.5) is 5.69 Å². The van der Waals surface area contributed by atoms with Crippen LogP contribution in [0, 0.1) is 0 Å². The van der Waals surface area contributed by atoms with E-state index in [0.29, 0.717) is 11.3 Å². The average molecular weight is 315 g/mol. The van der Waals surface area contributed by atoms with Gasteiger partial charge < -0.3 is 0 Å². The summed E-state index contributed by atoms with van der Waals surface area (Å²) in [7, 11) is -1.91. The Labute approximate surface area is 123 Å². The van der Waals surface area contributed by atoms with Crippen LogP contribution >= 0.6 is 11.8 Å². The van der Waals surface area contributed by atoms with Gasteiger partial charge in [-0.3, -0.25) is 13.9 Å². The van der Waals surface area contributed by atoms with Gasteiger partial charge in [-0.2, -0.15) is 0 Å². The van der Waals surface area contributed by atoms with Crippen molar-refractivity contribution in [1.82, 2.24) is 0 Å². The summed E-state index contributed by atoms with van der Waals surface area (Å²) in [6.07, 6.45) is 0. The summed E-state index contributed by atoms with van der Waals surface area (Å²) in [4.78, 5) is 22.8. The van der Waals surface area contributed by atoms with E-state index in [0.717, 1.165) is 16.1 Å². The third kappa shape index (κ3) is 4.35. The van der Waals surface area contributed by atoms with E-state index in [9.17, 15) is 18.0 Å². The fraction of sp³-hybridized carbons (Fsp3) is 0.385. The number of anilines is 1. The molecule has 0 spiro atoms. The summed E-state index contributed by atoms with van der Waals surface area (Å²) in [5, 5.41) is -0.125. The van der Waals surface area contributed by atoms with Gasteiger partial charge in [-0.1, -0.05) is 23.9 Å². The number of thioether (sulfide) groups is 1. The van der Waals surface area contributed by atoms with Crippen molar-refractivity contribution in [2.75, 3.05) is 22.9 Å². The van der Waals surface area contributed by atoms with Gasteiger partial charge in [0.2, 0.25) is 10.0 Å². The van der Waals surface area contributed by atoms with E-state index in [-0.39, 0.29) is 22.4 Å². The molecule has 0 fully saturated rings. The molecule has 0 N–H and O–H groups in total. The molecule has 1 rings (SSSR count). The second-order valence-electron chi connectivity index (χ2n) is 4.12. The summed E-state index contributed by atoms with van der Waals surface area (Å²) in [5.41, 5.74) is 0.833. The van der Waals surface area contributed by atoms with E-state index >= 15 is 0 Å². The van der Waals surface area contributed by atoms with Crippen LogP contribution in [0.3, 0.4) is 0 Å². The van der Waals surface area contributed by atoms with Crippen molar-refractivity contribution in [3.63, 3.8) is 0 Å². The number of benzene rings is 1. The lowest BCUT2D eigenvalue weighted by Crippen LogP contribution is -2.28. The first-order valence-electron chi connectivity index (χ1n) is 6.01. The maximum absolute atomic E-state index is 11.9. The second kappa shape index (κ2) is 6.90. The van der Waals surface area contributed by atoms with Crippen LogP contribution in [-0.2, 0) is 14.8 Å². The molecule has 0 unspecified atom stereocenters. The number of carbonyl (C=O) groups is 2. The molecule has 0 aromatic heterocycles. The van der Waals surface area contributed by atoms with Crippen molar-refractivity contribution in [3.8, 4) is 0 Å². The van der Waals surface area contributed by atoms with E-state index in [1.807, 2.05) is 0 Å². The lowest BCUT2D eigenvalue weighted by molar-refractivity contribution is -0.109. The summed E-state index contributed by atoms with van der Waals surface area (Å²) < 4.78 is 24.7. The van der Waals surface area contributed by atoms with Gasteiger partial charge in [-0.05, 0) is 19.1 Å². The van der Waals surface area contributed by atoms with Crippen molar-refractivity contribution in [1.29, 1.82) is 0 Å². The number of rotatable bonds is 6. The van der Waals surface area contributed by atoms with Gasteiger partial charge in [0.25, 0.3) is 0 Å². The molecule has 0 heterocycles. The summed E-state index contributed by atoms with van der Waals surface area (Å²) in [6, 6.07) is 6.39. The van der Waals surface area contributed by atoms with E-state index < -0.39 is 10.0 Å². The standard InChI is InChI=1S/C13H17NO4S2/c1-4-20(17,18)14(3)12-7-5-6-11(8-12)13(16)9-19-10(2)15/h5-8H,4,9H2,1-3H3. The van der Waals surface area contributed by atoms with Crippen molar-refractivity contribution in [2.24, 2.45) is 0 Å². The molecule has 0 bridgehead atoms. The van der Waals surface area contributed by atoms with E-state index in [2.05, 4.69) is 0 Å². The van der Waals surface area contributed by atoms with Crippen LogP contribution in [0.25, 0.3) is 0 Å². The Hall–Kier alpha value is -1.34. The van der Waals surface area contributed by atoms with Gasteiger partial charge in [-0.25, -0.2) is 8.42 Å². The minimum Gasteiger partial charge on any atom is -0.293 e. The normalized spacial score (nSPS) is 11.2. The average Bonchev–Trinajstić information content (AvgIpc) is 2.43. The molecule has 110 valence electrons. The molecule has 0 aliphatic carbocycles. The molecule has 1 aromatic rings. The maximum Gasteiger partial charge on any atom is 0.234 e. The minimum absolute atomic E-state index is 0.0120. The van der Waals surface area contributed by atoms with Gasteiger partial charge in [-0.15, -0.1) is 0 Å². The van der Waals surface area contributed by atoms with Crippen LogP contribution in [-0.4, -0.2) is 37.9 Å². The molecule has 0 saturated heterocycles. The highest BCUT2D eigenvalue weighted by Crippen LogP contribution is 2.19. The van der Waals surface area contributed by atoms with Gasteiger partial charge in [0.05, 0.1) is 17.2 Å². The fourth-order valence-electron chi connectivity index (χ4n) is 1.48. The second-order valence-corrected chi connectivity index (χ2v) is 7.56. The van der Waals surface area contributed by atoms with Gasteiger partial charge >= 0.3 is 0 Å². The van der Waals surface area contributed by atoms with Crippen molar-refractivity contribution in [3.05, 3.63) is 29.8 Å². The number of hydrogen-bond acceptors (Lipinski definition) is 5. The Morgan fingerprint density at radius 1 is 1.30 bits per heavy atom. The number of carbonyl (C=O) groups excluding carboxylic acids is 2. The van der Waals surface area contributed by atoms with Crippen LogP contribution in [0.2, 0.25) is 0 Å². The first-order chi connectivity index (χ1) is 9.27. The first kappa shape index (κ1) is 16.7. The summed E-state index contributed by atoms with van der Waals surface area (Å²) in [6.45, 7) is 2.96. The summed E-state index contributed by atoms with van der Waals surface area (Å²) in [5.74, 6) is -0.153. The number of Topliss-reactive ketones (excluding diaryl/α,β-unsaturated/α-hetero) is 1. The summed E-state index contributed by atoms with van der Waals surface area (Å²) >= 11 is 0.938. The minimum atomic E-state index is -3.36. The highest BCUT2D eigenvalue weighted by Gasteiger charge is 2.17. The molecule has 20 heavy (non-hydrogen) atoms. The third-order valence-electron chi connectivity index (χ3n) is 2.72. The molecule has 0 aliphatic heterocycles. The molecule has 0 saturated carbocycles. The highest BCUT2D eigenvalue weighted by atomic mass is 32.2. The molecular weight excluding hydrogens is 298 g/mol. The van der Waals surface area contributed by atoms with E-state index in [1.165, 1.54) is 20.0 Å². The van der Waals surface area contributed by atoms with Gasteiger partial charge in [0, 0.05) is 19.5 Å². The van der Waals surface area contributed by atoms with Crippen molar-refractivity contribution >= 4 is 38.4 Å². The Bertz CT molecular complexity index is 611. The fourth-order valence-corrected chi connectivity index (χ4v) is 2.80. The number of sulfonamides is 1. The third-order valence-corrected chi connectivity index (χ3v) is 5.31. The Morgan fingerprint density at radius 3 is 2.50 bits per heavy atom. The predicted octanol–water partition coefficient (Wildman–Crippen LogP) is 1.93. The number of ketones is 1. The maximum atomic E-state index is 11.9. The van der Waals surface area contributed by atoms with Gasteiger partial charge in [0.1, 0.15) is 0 Å². The number of hydrogen-bond donors (Lipinski definition) is 0. The van der Waals surface area contributed by atoms with Crippen molar-refractivity contribution in [2.45, 2.75) is 13.8 Å². The quantitative estimate of drug-likeness (QED) is 0.750. The smallest absolute Gasteiger partial charge is 0.234 e. The van der Waals surface area contributed by atoms with Crippen LogP contribution in [0.15, 0.2) is 24.3 Å². The number of nitrogens with zero attached hydrogens (tertiary/aromatic N) is 1. The zero-order valence-electron chi connectivity index (χ0n) is 11.6. The molecule has 7 heteroatoms. The Kier molecular flexibility index (Phi) is 5.76. The molecule has 5 nitrogen and oxygen atoms in total. The Balaban J connectivity index is 2.96. The van der Waals surface area contributed by atoms with Crippen LogP contribution < -0.4 is 4.31 Å². The highest BCUT2D eigenvalue weighted by molar-refractivity contribution is 8.14. The molecule has 0 radical (unpaired) electrons. The zero-order chi connectivity index (χ0) is 15.3. The van der Waals surface area contributed by atoms with Crippen LogP contribution in [0.1, 0.15) is 24.2 Å².